The Morgan fingerprint density at radius 3 is 2.83 bits per heavy atom. The minimum absolute atomic E-state index is 0.126. The van der Waals surface area contributed by atoms with Crippen LogP contribution in [0.4, 0.5) is 5.69 Å². The number of thiophene rings is 1. The fourth-order valence-electron chi connectivity index (χ4n) is 2.10. The highest BCUT2D eigenvalue weighted by molar-refractivity contribution is 7.13. The molecule has 0 fully saturated rings. The number of aromatic nitrogens is 2. The third-order valence-corrected chi connectivity index (χ3v) is 4.16. The standard InChI is InChI=1S/C17H14N4O2S/c18-10-9-12-3-5-13(6-4-12)19-15(22)7-8-16-20-17(21-23-16)14-2-1-11-24-14/h1-6,11H,7-9H2,(H,19,22). The maximum atomic E-state index is 12.0. The Morgan fingerprint density at radius 1 is 1.29 bits per heavy atom. The maximum Gasteiger partial charge on any atom is 0.227 e. The van der Waals surface area contributed by atoms with Gasteiger partial charge in [0.15, 0.2) is 0 Å². The number of carbonyl (C=O) groups is 1. The molecule has 3 aromatic rings. The van der Waals surface area contributed by atoms with E-state index >= 15 is 0 Å². The van der Waals surface area contributed by atoms with Crippen molar-refractivity contribution in [3.63, 3.8) is 0 Å². The first-order valence-electron chi connectivity index (χ1n) is 7.37. The Kier molecular flexibility index (Phi) is 4.99. The number of nitriles is 1. The van der Waals surface area contributed by atoms with Crippen molar-refractivity contribution in [3.8, 4) is 16.8 Å². The van der Waals surface area contributed by atoms with Crippen LogP contribution in [0.15, 0.2) is 46.3 Å². The summed E-state index contributed by atoms with van der Waals surface area (Å²) in [7, 11) is 0. The van der Waals surface area contributed by atoms with Crippen molar-refractivity contribution >= 4 is 22.9 Å². The normalized spacial score (nSPS) is 10.3. The highest BCUT2D eigenvalue weighted by Gasteiger charge is 2.11. The number of aryl methyl sites for hydroxylation is 1. The molecule has 1 N–H and O–H groups in total. The molecular formula is C17H14N4O2S. The molecule has 2 heterocycles. The van der Waals surface area contributed by atoms with E-state index in [-0.39, 0.29) is 12.3 Å². The number of nitrogens with one attached hydrogen (secondary N) is 1. The minimum Gasteiger partial charge on any atom is -0.339 e. The lowest BCUT2D eigenvalue weighted by molar-refractivity contribution is -0.116. The summed E-state index contributed by atoms with van der Waals surface area (Å²) in [6.07, 6.45) is 1.00. The molecule has 2 aromatic heterocycles. The minimum atomic E-state index is -0.126. The molecule has 0 aliphatic rings. The monoisotopic (exact) mass is 338 g/mol. The number of hydrogen-bond donors (Lipinski definition) is 1. The summed E-state index contributed by atoms with van der Waals surface area (Å²) in [5.41, 5.74) is 1.62. The van der Waals surface area contributed by atoms with E-state index in [1.54, 1.807) is 12.1 Å². The SMILES string of the molecule is N#CCc1ccc(NC(=O)CCc2nc(-c3cccs3)no2)cc1. The summed E-state index contributed by atoms with van der Waals surface area (Å²) in [6, 6.07) is 13.1. The molecule has 0 radical (unpaired) electrons. The van der Waals surface area contributed by atoms with Crippen LogP contribution in [-0.2, 0) is 17.6 Å². The molecule has 3 rings (SSSR count). The van der Waals surface area contributed by atoms with E-state index in [1.807, 2.05) is 29.6 Å². The molecule has 0 spiro atoms. The van der Waals surface area contributed by atoms with Gasteiger partial charge in [-0.3, -0.25) is 4.79 Å². The van der Waals surface area contributed by atoms with Gasteiger partial charge in [-0.05, 0) is 29.1 Å². The zero-order valence-electron chi connectivity index (χ0n) is 12.7. The number of anilines is 1. The van der Waals surface area contributed by atoms with Crippen LogP contribution in [0.5, 0.6) is 0 Å². The molecular weight excluding hydrogens is 324 g/mol. The topological polar surface area (TPSA) is 91.8 Å². The van der Waals surface area contributed by atoms with Crippen LogP contribution < -0.4 is 5.32 Å². The Morgan fingerprint density at radius 2 is 2.12 bits per heavy atom. The van der Waals surface area contributed by atoms with E-state index in [0.29, 0.717) is 30.2 Å². The van der Waals surface area contributed by atoms with Gasteiger partial charge in [-0.15, -0.1) is 11.3 Å². The van der Waals surface area contributed by atoms with Gasteiger partial charge in [0.1, 0.15) is 0 Å². The molecule has 0 bridgehead atoms. The molecule has 0 saturated carbocycles. The first kappa shape index (κ1) is 15.9. The molecule has 6 nitrogen and oxygen atoms in total. The van der Waals surface area contributed by atoms with Crippen molar-refractivity contribution in [2.24, 2.45) is 0 Å². The lowest BCUT2D eigenvalue weighted by atomic mass is 10.1. The predicted molar refractivity (Wildman–Crippen MR) is 90.3 cm³/mol. The van der Waals surface area contributed by atoms with E-state index in [1.165, 1.54) is 11.3 Å². The Bertz CT molecular complexity index is 848. The van der Waals surface area contributed by atoms with E-state index < -0.39 is 0 Å². The fraction of sp³-hybridized carbons (Fsp3) is 0.176. The number of nitrogens with zero attached hydrogens (tertiary/aromatic N) is 3. The van der Waals surface area contributed by atoms with Crippen molar-refractivity contribution < 1.29 is 9.32 Å². The van der Waals surface area contributed by atoms with Crippen molar-refractivity contribution in [1.29, 1.82) is 5.26 Å². The molecule has 0 atom stereocenters. The Labute approximate surface area is 142 Å². The third kappa shape index (κ3) is 4.06. The highest BCUT2D eigenvalue weighted by atomic mass is 32.1. The molecule has 1 amide bonds. The van der Waals surface area contributed by atoms with Crippen LogP contribution in [0.3, 0.4) is 0 Å². The van der Waals surface area contributed by atoms with Crippen LogP contribution in [0.2, 0.25) is 0 Å². The zero-order valence-corrected chi connectivity index (χ0v) is 13.5. The maximum absolute atomic E-state index is 12.0. The van der Waals surface area contributed by atoms with Crippen LogP contribution in [-0.4, -0.2) is 16.0 Å². The Balaban J connectivity index is 1.51. The Hall–Kier alpha value is -2.98. The van der Waals surface area contributed by atoms with Crippen molar-refractivity contribution in [2.75, 3.05) is 5.32 Å². The second-order valence-corrected chi connectivity index (χ2v) is 6.02. The van der Waals surface area contributed by atoms with E-state index in [9.17, 15) is 4.79 Å². The fourth-order valence-corrected chi connectivity index (χ4v) is 2.75. The van der Waals surface area contributed by atoms with Gasteiger partial charge in [-0.1, -0.05) is 23.4 Å². The molecule has 1 aromatic carbocycles. The van der Waals surface area contributed by atoms with Gasteiger partial charge in [0, 0.05) is 18.5 Å². The molecule has 0 aliphatic carbocycles. The average molecular weight is 338 g/mol. The predicted octanol–water partition coefficient (Wildman–Crippen LogP) is 3.44. The molecule has 7 heteroatoms. The molecule has 120 valence electrons. The van der Waals surface area contributed by atoms with Gasteiger partial charge in [0.05, 0.1) is 17.4 Å². The summed E-state index contributed by atoms with van der Waals surface area (Å²) in [6.45, 7) is 0. The second-order valence-electron chi connectivity index (χ2n) is 5.07. The van der Waals surface area contributed by atoms with Crippen LogP contribution in [0, 0.1) is 11.3 Å². The lowest BCUT2D eigenvalue weighted by Gasteiger charge is -2.04. The average Bonchev–Trinajstić information content (AvgIpc) is 3.26. The van der Waals surface area contributed by atoms with E-state index in [0.717, 1.165) is 10.4 Å². The van der Waals surface area contributed by atoms with Crippen molar-refractivity contribution in [2.45, 2.75) is 19.3 Å². The molecule has 24 heavy (non-hydrogen) atoms. The number of hydrogen-bond acceptors (Lipinski definition) is 6. The van der Waals surface area contributed by atoms with E-state index in [2.05, 4.69) is 21.5 Å². The summed E-state index contributed by atoms with van der Waals surface area (Å²) in [5.74, 6) is 0.866. The highest BCUT2D eigenvalue weighted by Crippen LogP contribution is 2.21. The molecule has 0 aliphatic heterocycles. The van der Waals surface area contributed by atoms with Crippen molar-refractivity contribution in [1.82, 2.24) is 10.1 Å². The van der Waals surface area contributed by atoms with Crippen LogP contribution >= 0.6 is 11.3 Å². The van der Waals surface area contributed by atoms with Crippen LogP contribution in [0.1, 0.15) is 17.9 Å². The number of benzene rings is 1. The number of carbonyl (C=O) groups excluding carboxylic acids is 1. The van der Waals surface area contributed by atoms with Gasteiger partial charge in [0.2, 0.25) is 17.6 Å². The van der Waals surface area contributed by atoms with Crippen molar-refractivity contribution in [3.05, 3.63) is 53.2 Å². The van der Waals surface area contributed by atoms with Gasteiger partial charge < -0.3 is 9.84 Å². The van der Waals surface area contributed by atoms with E-state index in [4.69, 9.17) is 9.78 Å². The largest absolute Gasteiger partial charge is 0.339 e. The first-order valence-corrected chi connectivity index (χ1v) is 8.25. The van der Waals surface area contributed by atoms with Gasteiger partial charge in [-0.25, -0.2) is 0 Å². The smallest absolute Gasteiger partial charge is 0.227 e. The van der Waals surface area contributed by atoms with Crippen LogP contribution in [0.25, 0.3) is 10.7 Å². The van der Waals surface area contributed by atoms with Gasteiger partial charge in [0.25, 0.3) is 0 Å². The summed E-state index contributed by atoms with van der Waals surface area (Å²) >= 11 is 1.54. The quantitative estimate of drug-likeness (QED) is 0.743. The number of rotatable bonds is 6. The summed E-state index contributed by atoms with van der Waals surface area (Å²) < 4.78 is 5.17. The lowest BCUT2D eigenvalue weighted by Crippen LogP contribution is -2.12. The third-order valence-electron chi connectivity index (χ3n) is 3.30. The second kappa shape index (κ2) is 7.53. The van der Waals surface area contributed by atoms with Gasteiger partial charge in [-0.2, -0.15) is 10.2 Å². The summed E-state index contributed by atoms with van der Waals surface area (Å²) in [5, 5.41) is 17.3. The summed E-state index contributed by atoms with van der Waals surface area (Å²) in [4.78, 5) is 17.2. The molecule has 0 unspecified atom stereocenters. The van der Waals surface area contributed by atoms with Gasteiger partial charge >= 0.3 is 0 Å². The molecule has 0 saturated heterocycles. The number of amides is 1. The first-order chi connectivity index (χ1) is 11.7. The zero-order chi connectivity index (χ0) is 16.8.